The number of terminal acetylenes is 1. The lowest BCUT2D eigenvalue weighted by molar-refractivity contribution is 0.835. The van der Waals surface area contributed by atoms with Crippen LogP contribution in [0.2, 0.25) is 33.2 Å². The molecule has 0 aromatic heterocycles. The second kappa shape index (κ2) is 11.8. The van der Waals surface area contributed by atoms with Gasteiger partial charge in [0.15, 0.2) is 0 Å². The van der Waals surface area contributed by atoms with Crippen LogP contribution in [0.4, 0.5) is 0 Å². The second-order valence-electron chi connectivity index (χ2n) is 15.4. The molecule has 0 atom stereocenters. The highest BCUT2D eigenvalue weighted by Gasteiger charge is 2.50. The average molecular weight is 615 g/mol. The molecule has 0 saturated heterocycles. The maximum Gasteiger partial charge on any atom is 0.0958 e. The van der Waals surface area contributed by atoms with E-state index in [9.17, 15) is 0 Å². The van der Waals surface area contributed by atoms with E-state index < -0.39 is 16.1 Å². The maximum absolute atomic E-state index is 6.17. The van der Waals surface area contributed by atoms with Crippen molar-refractivity contribution in [3.8, 4) is 12.3 Å². The zero-order valence-electron chi connectivity index (χ0n) is 29.4. The van der Waals surface area contributed by atoms with Crippen molar-refractivity contribution < 1.29 is 0 Å². The Morgan fingerprint density at radius 2 is 0.773 bits per heavy atom. The number of hydrogen-bond acceptors (Lipinski definition) is 0. The molecule has 0 aliphatic carbocycles. The molecule has 44 heavy (non-hydrogen) atoms. The third-order valence-corrected chi connectivity index (χ3v) is 26.0. The summed E-state index contributed by atoms with van der Waals surface area (Å²) >= 11 is 0. The number of hydrogen-bond donors (Lipinski definition) is 0. The van der Waals surface area contributed by atoms with Crippen LogP contribution < -0.4 is 10.4 Å². The van der Waals surface area contributed by atoms with Crippen LogP contribution in [0.25, 0.3) is 43.1 Å². The molecule has 0 heterocycles. The highest BCUT2D eigenvalue weighted by Crippen LogP contribution is 2.48. The average Bonchev–Trinajstić information content (AvgIpc) is 2.95. The first kappa shape index (κ1) is 32.5. The Hall–Kier alpha value is -2.87. The van der Waals surface area contributed by atoms with Crippen molar-refractivity contribution in [1.82, 2.24) is 0 Å². The topological polar surface area (TPSA) is 0 Å². The molecule has 0 bridgehead atoms. The van der Waals surface area contributed by atoms with Crippen LogP contribution in [-0.2, 0) is 0 Å². The van der Waals surface area contributed by atoms with E-state index >= 15 is 0 Å². The lowest BCUT2D eigenvalue weighted by Crippen LogP contribution is -2.59. The fourth-order valence-corrected chi connectivity index (χ4v) is 24.6. The van der Waals surface area contributed by atoms with E-state index in [-0.39, 0.29) is 0 Å². The molecule has 5 aromatic rings. The van der Waals surface area contributed by atoms with Gasteiger partial charge in [0.2, 0.25) is 0 Å². The van der Waals surface area contributed by atoms with Crippen LogP contribution in [0.1, 0.15) is 88.6 Å². The van der Waals surface area contributed by atoms with Crippen LogP contribution in [0.15, 0.2) is 66.7 Å². The van der Waals surface area contributed by atoms with E-state index in [1.807, 2.05) is 0 Å². The van der Waals surface area contributed by atoms with E-state index in [4.69, 9.17) is 6.42 Å². The first-order valence-corrected chi connectivity index (χ1v) is 21.5. The first-order valence-electron chi connectivity index (χ1n) is 17.1. The van der Waals surface area contributed by atoms with Gasteiger partial charge < -0.3 is 0 Å². The van der Waals surface area contributed by atoms with Gasteiger partial charge in [0, 0.05) is 5.56 Å². The van der Waals surface area contributed by atoms with Gasteiger partial charge in [-0.05, 0) is 117 Å². The molecule has 0 aliphatic heterocycles. The van der Waals surface area contributed by atoms with Gasteiger partial charge in [0.25, 0.3) is 0 Å². The third-order valence-electron chi connectivity index (χ3n) is 11.7. The summed E-state index contributed by atoms with van der Waals surface area (Å²) in [5, 5.41) is 14.6. The van der Waals surface area contributed by atoms with E-state index in [1.54, 1.807) is 10.4 Å². The minimum Gasteiger partial charge on any atom is -0.115 e. The van der Waals surface area contributed by atoms with Crippen LogP contribution in [0.3, 0.4) is 0 Å². The molecular formula is C42H54Si2. The lowest BCUT2D eigenvalue weighted by Gasteiger charge is -2.48. The maximum atomic E-state index is 6.17. The zero-order valence-corrected chi connectivity index (χ0v) is 31.4. The SMILES string of the molecule is C#Cc1cccc2cc3c([Si](C(C)C)(C(C)C)C(C)C)c4cc5ccccc5cc4c([Si](C(C)C)(C(C)C)C(C)C)c3cc12. The Morgan fingerprint density at radius 1 is 0.432 bits per heavy atom. The van der Waals surface area contributed by atoms with Crippen molar-refractivity contribution in [3.63, 3.8) is 0 Å². The van der Waals surface area contributed by atoms with Crippen molar-refractivity contribution in [2.45, 2.75) is 116 Å². The highest BCUT2D eigenvalue weighted by molar-refractivity contribution is 7.01. The molecule has 0 radical (unpaired) electrons. The lowest BCUT2D eigenvalue weighted by atomic mass is 9.95. The predicted molar refractivity (Wildman–Crippen MR) is 206 cm³/mol. The standard InChI is InChI=1S/C42H54Si2/c1-14-32-20-17-21-35-24-39-40(25-36(32)35)42(44(29(8)9,30(10)11)31(12)13)38-23-34-19-16-15-18-33(34)22-37(38)41(39)43(26(2)3,27(4)5)28(6)7/h1,15-31H,2-13H3. The molecule has 0 spiro atoms. The molecule has 5 aromatic carbocycles. The largest absolute Gasteiger partial charge is 0.115 e. The Kier molecular flexibility index (Phi) is 8.73. The van der Waals surface area contributed by atoms with Crippen molar-refractivity contribution in [1.29, 1.82) is 0 Å². The van der Waals surface area contributed by atoms with Gasteiger partial charge in [-0.1, -0.05) is 125 Å². The van der Waals surface area contributed by atoms with E-state index in [1.165, 1.54) is 43.1 Å². The molecule has 2 heteroatoms. The first-order chi connectivity index (χ1) is 20.8. The van der Waals surface area contributed by atoms with Crippen LogP contribution in [-0.4, -0.2) is 16.1 Å². The summed E-state index contributed by atoms with van der Waals surface area (Å²) in [6, 6.07) is 25.9. The van der Waals surface area contributed by atoms with E-state index in [2.05, 4.69) is 156 Å². The van der Waals surface area contributed by atoms with Gasteiger partial charge in [-0.25, -0.2) is 0 Å². The number of benzene rings is 5. The Balaban J connectivity index is 2.27. The van der Waals surface area contributed by atoms with Gasteiger partial charge in [0.1, 0.15) is 0 Å². The summed E-state index contributed by atoms with van der Waals surface area (Å²) in [7, 11) is -4.25. The molecule has 5 rings (SSSR count). The summed E-state index contributed by atoms with van der Waals surface area (Å²) in [4.78, 5) is 0. The van der Waals surface area contributed by atoms with Gasteiger partial charge in [-0.2, -0.15) is 0 Å². The quantitative estimate of drug-likeness (QED) is 0.0926. The Morgan fingerprint density at radius 3 is 1.14 bits per heavy atom. The predicted octanol–water partition coefficient (Wildman–Crippen LogP) is 12.1. The summed E-state index contributed by atoms with van der Waals surface area (Å²) in [5.41, 5.74) is 4.57. The van der Waals surface area contributed by atoms with Crippen LogP contribution >= 0.6 is 0 Å². The van der Waals surface area contributed by atoms with Gasteiger partial charge >= 0.3 is 0 Å². The summed E-state index contributed by atoms with van der Waals surface area (Å²) in [6.45, 7) is 30.2. The zero-order chi connectivity index (χ0) is 32.3. The van der Waals surface area contributed by atoms with Crippen molar-refractivity contribution in [3.05, 3.63) is 72.3 Å². The molecule has 0 aliphatic rings. The third kappa shape index (κ3) is 4.53. The van der Waals surface area contributed by atoms with E-state index in [0.717, 1.165) is 5.56 Å². The monoisotopic (exact) mass is 614 g/mol. The minimum absolute atomic E-state index is 0.590. The Bertz CT molecular complexity index is 1850. The highest BCUT2D eigenvalue weighted by atomic mass is 28.3. The Labute approximate surface area is 269 Å². The molecule has 0 N–H and O–H groups in total. The molecule has 0 unspecified atom stereocenters. The van der Waals surface area contributed by atoms with Crippen molar-refractivity contribution >= 4 is 69.6 Å². The molecular weight excluding hydrogens is 561 g/mol. The van der Waals surface area contributed by atoms with Gasteiger partial charge in [-0.3, -0.25) is 0 Å². The summed E-state index contributed by atoms with van der Waals surface area (Å²) in [6.07, 6.45) is 6.17. The van der Waals surface area contributed by atoms with Crippen molar-refractivity contribution in [2.24, 2.45) is 0 Å². The smallest absolute Gasteiger partial charge is 0.0958 e. The fourth-order valence-electron chi connectivity index (χ4n) is 10.5. The normalized spacial score (nSPS) is 13.3. The second-order valence-corrected chi connectivity index (χ2v) is 27.0. The summed E-state index contributed by atoms with van der Waals surface area (Å²) in [5.74, 6) is 3.04. The summed E-state index contributed by atoms with van der Waals surface area (Å²) < 4.78 is 0. The van der Waals surface area contributed by atoms with Crippen molar-refractivity contribution in [2.75, 3.05) is 0 Å². The van der Waals surface area contributed by atoms with Gasteiger partial charge in [-0.15, -0.1) is 6.42 Å². The minimum atomic E-state index is -2.13. The molecule has 230 valence electrons. The molecule has 0 nitrogen and oxygen atoms in total. The molecule has 0 saturated carbocycles. The molecule has 0 fully saturated rings. The number of rotatable bonds is 8. The van der Waals surface area contributed by atoms with E-state index in [0.29, 0.717) is 33.2 Å². The molecule has 0 amide bonds. The van der Waals surface area contributed by atoms with Crippen LogP contribution in [0.5, 0.6) is 0 Å². The number of fused-ring (bicyclic) bond motifs is 4. The van der Waals surface area contributed by atoms with Gasteiger partial charge in [0.05, 0.1) is 16.1 Å². The fraction of sp³-hybridized carbons (Fsp3) is 0.429. The van der Waals surface area contributed by atoms with Crippen LogP contribution in [0, 0.1) is 12.3 Å².